The number of rotatable bonds is 7. The molecule has 0 spiro atoms. The SMILES string of the molecule is Cc1cccnc1C(Cc1ccc(CN2CCOCC2)cc1)NC(=O)c1cc2c(F)ccc(C)c2[nH]1. The Morgan fingerprint density at radius 1 is 1.08 bits per heavy atom. The molecule has 1 aliphatic rings. The zero-order valence-corrected chi connectivity index (χ0v) is 20.7. The number of aryl methyl sites for hydroxylation is 2. The van der Waals surface area contributed by atoms with Crippen LogP contribution < -0.4 is 5.32 Å². The second kappa shape index (κ2) is 10.6. The predicted octanol–water partition coefficient (Wildman–Crippen LogP) is 4.86. The zero-order valence-electron chi connectivity index (χ0n) is 20.7. The highest BCUT2D eigenvalue weighted by molar-refractivity contribution is 5.99. The fourth-order valence-electron chi connectivity index (χ4n) is 4.80. The number of nitrogens with one attached hydrogen (secondary N) is 2. The summed E-state index contributed by atoms with van der Waals surface area (Å²) in [6.07, 6.45) is 2.34. The molecule has 186 valence electrons. The normalized spacial score (nSPS) is 15.2. The maximum Gasteiger partial charge on any atom is 0.268 e. The van der Waals surface area contributed by atoms with Crippen molar-refractivity contribution in [3.63, 3.8) is 0 Å². The fourth-order valence-corrected chi connectivity index (χ4v) is 4.80. The highest BCUT2D eigenvalue weighted by atomic mass is 19.1. The first-order valence-electron chi connectivity index (χ1n) is 12.4. The van der Waals surface area contributed by atoms with Gasteiger partial charge in [-0.15, -0.1) is 0 Å². The van der Waals surface area contributed by atoms with Gasteiger partial charge in [-0.1, -0.05) is 36.4 Å². The van der Waals surface area contributed by atoms with E-state index in [-0.39, 0.29) is 17.8 Å². The summed E-state index contributed by atoms with van der Waals surface area (Å²) in [6.45, 7) is 8.26. The van der Waals surface area contributed by atoms with Crippen LogP contribution in [0.4, 0.5) is 4.39 Å². The molecule has 6 nitrogen and oxygen atoms in total. The first kappa shape index (κ1) is 24.2. The summed E-state index contributed by atoms with van der Waals surface area (Å²) in [4.78, 5) is 23.4. The highest BCUT2D eigenvalue weighted by Crippen LogP contribution is 2.24. The monoisotopic (exact) mass is 486 g/mol. The summed E-state index contributed by atoms with van der Waals surface area (Å²) in [7, 11) is 0. The molecule has 2 N–H and O–H groups in total. The smallest absolute Gasteiger partial charge is 0.268 e. The number of hydrogen-bond donors (Lipinski definition) is 2. The standard InChI is InChI=1S/C29H31FN4O2/c1-19-4-3-11-31-28(19)25(16-21-6-8-22(9-7-21)18-34-12-14-36-15-13-34)33-29(35)26-17-23-24(30)10-5-20(2)27(23)32-26/h3-11,17,25,32H,12-16,18H2,1-2H3,(H,33,35). The Labute approximate surface area is 210 Å². The maximum absolute atomic E-state index is 14.3. The molecular formula is C29H31FN4O2. The van der Waals surface area contributed by atoms with Crippen LogP contribution in [0.5, 0.6) is 0 Å². The van der Waals surface area contributed by atoms with Gasteiger partial charge in [-0.3, -0.25) is 14.7 Å². The number of ether oxygens (including phenoxy) is 1. The van der Waals surface area contributed by atoms with Crippen molar-refractivity contribution in [1.82, 2.24) is 20.2 Å². The Hall–Kier alpha value is -3.55. The van der Waals surface area contributed by atoms with Crippen molar-refractivity contribution in [2.75, 3.05) is 26.3 Å². The van der Waals surface area contributed by atoms with Gasteiger partial charge >= 0.3 is 0 Å². The molecule has 36 heavy (non-hydrogen) atoms. The van der Waals surface area contributed by atoms with Crippen molar-refractivity contribution in [1.29, 1.82) is 0 Å². The number of morpholine rings is 1. The van der Waals surface area contributed by atoms with Gasteiger partial charge in [0.05, 0.1) is 30.5 Å². The third-order valence-electron chi connectivity index (χ3n) is 6.85. The average Bonchev–Trinajstić information content (AvgIpc) is 3.35. The van der Waals surface area contributed by atoms with Crippen LogP contribution in [-0.4, -0.2) is 47.1 Å². The van der Waals surface area contributed by atoms with Gasteiger partial charge in [0.1, 0.15) is 11.5 Å². The molecule has 1 amide bonds. The number of amides is 1. The van der Waals surface area contributed by atoms with Crippen LogP contribution in [0.1, 0.15) is 44.5 Å². The zero-order chi connectivity index (χ0) is 25.1. The molecule has 5 rings (SSSR count). The Morgan fingerprint density at radius 3 is 2.56 bits per heavy atom. The van der Waals surface area contributed by atoms with E-state index >= 15 is 0 Å². The van der Waals surface area contributed by atoms with E-state index in [2.05, 4.69) is 44.5 Å². The van der Waals surface area contributed by atoms with Crippen molar-refractivity contribution in [3.8, 4) is 0 Å². The van der Waals surface area contributed by atoms with Crippen molar-refractivity contribution < 1.29 is 13.9 Å². The largest absolute Gasteiger partial charge is 0.379 e. The molecule has 1 aliphatic heterocycles. The fraction of sp³-hybridized carbons (Fsp3) is 0.310. The number of H-pyrrole nitrogens is 1. The molecule has 3 heterocycles. The number of carbonyl (C=O) groups excluding carboxylic acids is 1. The van der Waals surface area contributed by atoms with Crippen LogP contribution in [0.3, 0.4) is 0 Å². The third kappa shape index (κ3) is 5.32. The Morgan fingerprint density at radius 2 is 1.83 bits per heavy atom. The number of pyridine rings is 1. The van der Waals surface area contributed by atoms with E-state index in [4.69, 9.17) is 4.74 Å². The summed E-state index contributed by atoms with van der Waals surface area (Å²) in [5.74, 6) is -0.635. The van der Waals surface area contributed by atoms with E-state index in [0.717, 1.165) is 55.2 Å². The van der Waals surface area contributed by atoms with Crippen molar-refractivity contribution in [3.05, 3.63) is 100 Å². The Kier molecular flexibility index (Phi) is 7.11. The van der Waals surface area contributed by atoms with Gasteiger partial charge in [-0.2, -0.15) is 0 Å². The molecule has 1 unspecified atom stereocenters. The minimum absolute atomic E-state index is 0.288. The molecule has 1 fully saturated rings. The lowest BCUT2D eigenvalue weighted by Gasteiger charge is -2.26. The molecule has 4 aromatic rings. The Bertz CT molecular complexity index is 1320. The van der Waals surface area contributed by atoms with Crippen LogP contribution in [0.15, 0.2) is 60.8 Å². The van der Waals surface area contributed by atoms with Gasteiger partial charge in [0, 0.05) is 31.2 Å². The van der Waals surface area contributed by atoms with Crippen LogP contribution in [0.2, 0.25) is 0 Å². The number of nitrogens with zero attached hydrogens (tertiary/aromatic N) is 2. The number of halogens is 1. The molecule has 2 aromatic carbocycles. The summed E-state index contributed by atoms with van der Waals surface area (Å²) in [5, 5.41) is 3.56. The lowest BCUT2D eigenvalue weighted by Crippen LogP contribution is -2.35. The molecule has 2 aromatic heterocycles. The number of hydrogen-bond acceptors (Lipinski definition) is 4. The van der Waals surface area contributed by atoms with Crippen LogP contribution in [-0.2, 0) is 17.7 Å². The summed E-state index contributed by atoms with van der Waals surface area (Å²) in [5.41, 5.74) is 6.05. The van der Waals surface area contributed by atoms with Gasteiger partial charge in [0.2, 0.25) is 0 Å². The average molecular weight is 487 g/mol. The van der Waals surface area contributed by atoms with E-state index in [1.54, 1.807) is 18.3 Å². The van der Waals surface area contributed by atoms with E-state index < -0.39 is 0 Å². The molecule has 0 bridgehead atoms. The number of aromatic nitrogens is 2. The van der Waals surface area contributed by atoms with E-state index in [1.165, 1.54) is 11.6 Å². The molecule has 7 heteroatoms. The van der Waals surface area contributed by atoms with E-state index in [1.807, 2.05) is 26.0 Å². The molecule has 1 saturated heterocycles. The lowest BCUT2D eigenvalue weighted by molar-refractivity contribution is 0.0342. The number of carbonyl (C=O) groups is 1. The van der Waals surface area contributed by atoms with Gasteiger partial charge in [0.15, 0.2) is 0 Å². The summed E-state index contributed by atoms with van der Waals surface area (Å²) < 4.78 is 19.8. The van der Waals surface area contributed by atoms with Crippen molar-refractivity contribution in [2.45, 2.75) is 32.9 Å². The maximum atomic E-state index is 14.3. The minimum Gasteiger partial charge on any atom is -0.379 e. The third-order valence-corrected chi connectivity index (χ3v) is 6.85. The van der Waals surface area contributed by atoms with Gasteiger partial charge < -0.3 is 15.0 Å². The number of aromatic amines is 1. The molecular weight excluding hydrogens is 455 g/mol. The molecule has 0 radical (unpaired) electrons. The first-order valence-corrected chi connectivity index (χ1v) is 12.4. The second-order valence-corrected chi connectivity index (χ2v) is 9.48. The van der Waals surface area contributed by atoms with Crippen molar-refractivity contribution >= 4 is 16.8 Å². The van der Waals surface area contributed by atoms with Gasteiger partial charge in [0.25, 0.3) is 5.91 Å². The summed E-state index contributed by atoms with van der Waals surface area (Å²) >= 11 is 0. The van der Waals surface area contributed by atoms with Gasteiger partial charge in [-0.25, -0.2) is 4.39 Å². The van der Waals surface area contributed by atoms with E-state index in [9.17, 15) is 9.18 Å². The molecule has 0 saturated carbocycles. The van der Waals surface area contributed by atoms with Gasteiger partial charge in [-0.05, 0) is 60.7 Å². The molecule has 0 aliphatic carbocycles. The number of fused-ring (bicyclic) bond motifs is 1. The predicted molar refractivity (Wildman–Crippen MR) is 138 cm³/mol. The van der Waals surface area contributed by atoms with Crippen molar-refractivity contribution in [2.24, 2.45) is 0 Å². The molecule has 1 atom stereocenters. The lowest BCUT2D eigenvalue weighted by atomic mass is 9.98. The topological polar surface area (TPSA) is 70.2 Å². The van der Waals surface area contributed by atoms with Crippen LogP contribution in [0.25, 0.3) is 10.9 Å². The quantitative estimate of drug-likeness (QED) is 0.391. The minimum atomic E-state index is -0.347. The first-order chi connectivity index (χ1) is 17.5. The second-order valence-electron chi connectivity index (χ2n) is 9.48. The van der Waals surface area contributed by atoms with Crippen LogP contribution in [0, 0.1) is 19.7 Å². The van der Waals surface area contributed by atoms with E-state index in [0.29, 0.717) is 23.0 Å². The summed E-state index contributed by atoms with van der Waals surface area (Å²) in [6, 6.07) is 16.8. The number of benzene rings is 2. The van der Waals surface area contributed by atoms with Crippen LogP contribution >= 0.6 is 0 Å². The highest BCUT2D eigenvalue weighted by Gasteiger charge is 2.21. The Balaban J connectivity index is 1.36.